The second kappa shape index (κ2) is 9.21. The number of phenolic OH excluding ortho intramolecular Hbond substituents is 2. The summed E-state index contributed by atoms with van der Waals surface area (Å²) in [5.74, 6) is -0.266. The smallest absolute Gasteiger partial charge is 0.251 e. The van der Waals surface area contributed by atoms with Gasteiger partial charge in [-0.1, -0.05) is 38.1 Å². The summed E-state index contributed by atoms with van der Waals surface area (Å²) in [6.07, 6.45) is 1.37. The Morgan fingerprint density at radius 1 is 0.941 bits per heavy atom. The van der Waals surface area contributed by atoms with E-state index in [1.54, 1.807) is 6.07 Å². The molecular formula is C28H30N2O4. The molecule has 0 unspecified atom stereocenters. The monoisotopic (exact) mass is 458 g/mol. The van der Waals surface area contributed by atoms with Crippen molar-refractivity contribution in [3.05, 3.63) is 77.4 Å². The van der Waals surface area contributed by atoms with Crippen molar-refractivity contribution in [1.82, 2.24) is 5.32 Å². The van der Waals surface area contributed by atoms with Crippen LogP contribution in [0.3, 0.4) is 0 Å². The summed E-state index contributed by atoms with van der Waals surface area (Å²) in [5, 5.41) is 25.4. The van der Waals surface area contributed by atoms with Crippen LogP contribution in [0.1, 0.15) is 48.2 Å². The molecule has 0 aromatic heterocycles. The predicted molar refractivity (Wildman–Crippen MR) is 133 cm³/mol. The van der Waals surface area contributed by atoms with E-state index in [4.69, 9.17) is 0 Å². The highest BCUT2D eigenvalue weighted by Gasteiger charge is 2.51. The number of benzene rings is 3. The zero-order valence-electron chi connectivity index (χ0n) is 19.7. The quantitative estimate of drug-likeness (QED) is 0.369. The van der Waals surface area contributed by atoms with Crippen molar-refractivity contribution in [1.29, 1.82) is 0 Å². The Labute approximate surface area is 199 Å². The predicted octanol–water partition coefficient (Wildman–Crippen LogP) is 5.13. The van der Waals surface area contributed by atoms with Crippen LogP contribution in [-0.2, 0) is 10.2 Å². The van der Waals surface area contributed by atoms with E-state index >= 15 is 0 Å². The van der Waals surface area contributed by atoms with Crippen LogP contribution in [0.4, 0.5) is 5.69 Å². The van der Waals surface area contributed by atoms with Crippen molar-refractivity contribution >= 4 is 17.5 Å². The summed E-state index contributed by atoms with van der Waals surface area (Å²) >= 11 is 0. The molecule has 3 aromatic rings. The average Bonchev–Trinajstić information content (AvgIpc) is 3.63. The Hall–Kier alpha value is -3.80. The van der Waals surface area contributed by atoms with E-state index in [0.29, 0.717) is 42.1 Å². The zero-order valence-corrected chi connectivity index (χ0v) is 19.7. The molecule has 4 rings (SSSR count). The first-order chi connectivity index (χ1) is 16.2. The highest BCUT2D eigenvalue weighted by Crippen LogP contribution is 2.50. The van der Waals surface area contributed by atoms with E-state index in [1.807, 2.05) is 49.4 Å². The van der Waals surface area contributed by atoms with Crippen LogP contribution in [0.15, 0.2) is 60.7 Å². The number of anilines is 1. The Balaban J connectivity index is 1.52. The fraction of sp³-hybridized carbons (Fsp3) is 0.286. The van der Waals surface area contributed by atoms with E-state index < -0.39 is 5.41 Å². The van der Waals surface area contributed by atoms with Gasteiger partial charge in [-0.3, -0.25) is 9.59 Å². The van der Waals surface area contributed by atoms with Gasteiger partial charge in [0.1, 0.15) is 0 Å². The van der Waals surface area contributed by atoms with Gasteiger partial charge in [0.05, 0.1) is 5.41 Å². The topological polar surface area (TPSA) is 98.7 Å². The van der Waals surface area contributed by atoms with Gasteiger partial charge in [0, 0.05) is 17.8 Å². The summed E-state index contributed by atoms with van der Waals surface area (Å²) in [7, 11) is 0. The van der Waals surface area contributed by atoms with Crippen molar-refractivity contribution in [2.24, 2.45) is 5.92 Å². The van der Waals surface area contributed by atoms with E-state index in [0.717, 1.165) is 16.7 Å². The Morgan fingerprint density at radius 2 is 1.65 bits per heavy atom. The largest absolute Gasteiger partial charge is 0.504 e. The van der Waals surface area contributed by atoms with Gasteiger partial charge in [-0.25, -0.2) is 0 Å². The van der Waals surface area contributed by atoms with Crippen LogP contribution in [0, 0.1) is 12.8 Å². The lowest BCUT2D eigenvalue weighted by atomic mass is 9.94. The molecule has 1 aliphatic carbocycles. The minimum absolute atomic E-state index is 0.0898. The lowest BCUT2D eigenvalue weighted by Gasteiger charge is -2.17. The van der Waals surface area contributed by atoms with Crippen LogP contribution in [-0.4, -0.2) is 28.6 Å². The van der Waals surface area contributed by atoms with Crippen molar-refractivity contribution in [3.63, 3.8) is 0 Å². The molecule has 0 spiro atoms. The second-order valence-electron chi connectivity index (χ2n) is 9.45. The molecule has 1 fully saturated rings. The maximum atomic E-state index is 13.2. The molecule has 34 heavy (non-hydrogen) atoms. The van der Waals surface area contributed by atoms with Crippen molar-refractivity contribution in [3.8, 4) is 22.6 Å². The zero-order chi connectivity index (χ0) is 24.5. The van der Waals surface area contributed by atoms with Crippen LogP contribution in [0.5, 0.6) is 11.5 Å². The van der Waals surface area contributed by atoms with Gasteiger partial charge in [-0.05, 0) is 84.3 Å². The van der Waals surface area contributed by atoms with E-state index in [-0.39, 0.29) is 23.3 Å². The molecule has 0 heterocycles. The number of carbonyl (C=O) groups excluding carboxylic acids is 2. The van der Waals surface area contributed by atoms with Crippen molar-refractivity contribution in [2.45, 2.75) is 39.0 Å². The molecule has 1 saturated carbocycles. The van der Waals surface area contributed by atoms with Gasteiger partial charge < -0.3 is 20.8 Å². The van der Waals surface area contributed by atoms with Crippen molar-refractivity contribution < 1.29 is 19.8 Å². The third-order valence-corrected chi connectivity index (χ3v) is 6.34. The number of hydrogen-bond acceptors (Lipinski definition) is 4. The molecule has 0 bridgehead atoms. The molecule has 4 N–H and O–H groups in total. The minimum Gasteiger partial charge on any atom is -0.504 e. The van der Waals surface area contributed by atoms with Gasteiger partial charge in [-0.15, -0.1) is 0 Å². The highest BCUT2D eigenvalue weighted by atomic mass is 16.3. The summed E-state index contributed by atoms with van der Waals surface area (Å²) < 4.78 is 0. The Morgan fingerprint density at radius 3 is 2.26 bits per heavy atom. The van der Waals surface area contributed by atoms with Crippen molar-refractivity contribution in [2.75, 3.05) is 11.9 Å². The molecule has 0 saturated heterocycles. The molecular weight excluding hydrogens is 428 g/mol. The third kappa shape index (κ3) is 4.76. The first-order valence-corrected chi connectivity index (χ1v) is 11.5. The fourth-order valence-electron chi connectivity index (χ4n) is 4.05. The first-order valence-electron chi connectivity index (χ1n) is 11.5. The molecule has 6 heteroatoms. The van der Waals surface area contributed by atoms with Crippen LogP contribution in [0.2, 0.25) is 0 Å². The Kier molecular flexibility index (Phi) is 6.33. The number of phenols is 2. The summed E-state index contributed by atoms with van der Waals surface area (Å²) in [6.45, 7) is 6.74. The van der Waals surface area contributed by atoms with Gasteiger partial charge in [0.25, 0.3) is 5.91 Å². The SMILES string of the molecule is Cc1ccc(NC(=O)C2(c3ccc(O)c(O)c3)CC2)cc1-c1ccc(C(=O)NCC(C)C)cc1. The number of carbonyl (C=O) groups is 2. The van der Waals surface area contributed by atoms with Gasteiger partial charge >= 0.3 is 0 Å². The molecule has 3 aromatic carbocycles. The van der Waals surface area contributed by atoms with E-state index in [1.165, 1.54) is 12.1 Å². The molecule has 0 atom stereocenters. The fourth-order valence-corrected chi connectivity index (χ4v) is 4.05. The normalized spacial score (nSPS) is 14.0. The first kappa shape index (κ1) is 23.4. The average molecular weight is 459 g/mol. The minimum atomic E-state index is -0.693. The number of nitrogens with one attached hydrogen (secondary N) is 2. The molecule has 1 aliphatic rings. The molecule has 2 amide bonds. The maximum absolute atomic E-state index is 13.2. The van der Waals surface area contributed by atoms with Crippen LogP contribution >= 0.6 is 0 Å². The molecule has 0 aliphatic heterocycles. The van der Waals surface area contributed by atoms with E-state index in [2.05, 4.69) is 24.5 Å². The lowest BCUT2D eigenvalue weighted by Crippen LogP contribution is -2.27. The molecule has 176 valence electrons. The summed E-state index contributed by atoms with van der Waals surface area (Å²) in [4.78, 5) is 25.5. The number of rotatable bonds is 7. The van der Waals surface area contributed by atoms with E-state index in [9.17, 15) is 19.8 Å². The summed E-state index contributed by atoms with van der Waals surface area (Å²) in [6, 6.07) is 17.8. The lowest BCUT2D eigenvalue weighted by molar-refractivity contribution is -0.118. The standard InChI is InChI=1S/C28H30N2O4/c1-17(2)16-29-26(33)20-7-5-19(6-8-20)23-15-22(10-4-18(23)3)30-27(34)28(12-13-28)21-9-11-24(31)25(32)14-21/h4-11,14-15,17,31-32H,12-13,16H2,1-3H3,(H,29,33)(H,30,34). The highest BCUT2D eigenvalue weighted by molar-refractivity contribution is 6.02. The number of hydrogen-bond donors (Lipinski definition) is 4. The van der Waals surface area contributed by atoms with Gasteiger partial charge in [-0.2, -0.15) is 0 Å². The summed E-state index contributed by atoms with van der Waals surface area (Å²) in [5.41, 5.74) is 4.27. The second-order valence-corrected chi connectivity index (χ2v) is 9.45. The molecule has 0 radical (unpaired) electrons. The molecule has 6 nitrogen and oxygen atoms in total. The maximum Gasteiger partial charge on any atom is 0.251 e. The van der Waals surface area contributed by atoms with Crippen LogP contribution in [0.25, 0.3) is 11.1 Å². The number of amides is 2. The van der Waals surface area contributed by atoms with Gasteiger partial charge in [0.2, 0.25) is 5.91 Å². The Bertz CT molecular complexity index is 1230. The number of aromatic hydroxyl groups is 2. The van der Waals surface area contributed by atoms with Gasteiger partial charge in [0.15, 0.2) is 11.5 Å². The van der Waals surface area contributed by atoms with Crippen LogP contribution < -0.4 is 10.6 Å². The third-order valence-electron chi connectivity index (χ3n) is 6.34. The number of aryl methyl sites for hydroxylation is 1.